The van der Waals surface area contributed by atoms with Crippen LogP contribution in [0.5, 0.6) is 0 Å². The van der Waals surface area contributed by atoms with Crippen molar-refractivity contribution in [2.75, 3.05) is 9.80 Å². The third-order valence-electron chi connectivity index (χ3n) is 15.4. The van der Waals surface area contributed by atoms with Crippen molar-refractivity contribution >= 4 is 110 Å². The maximum atomic E-state index is 6.47. The lowest BCUT2D eigenvalue weighted by molar-refractivity contribution is 0.660. The summed E-state index contributed by atoms with van der Waals surface area (Å²) in [4.78, 5) is 4.85. The van der Waals surface area contributed by atoms with Gasteiger partial charge in [-0.2, -0.15) is 0 Å². The number of nitrogens with zero attached hydrogens (tertiary/aromatic N) is 2. The minimum absolute atomic E-state index is 0.143. The van der Waals surface area contributed by atoms with E-state index in [0.717, 1.165) is 89.1 Å². The van der Waals surface area contributed by atoms with E-state index in [9.17, 15) is 0 Å². The number of hydrogen-bond donors (Lipinski definition) is 0. The molecule has 0 atom stereocenters. The van der Waals surface area contributed by atoms with E-state index in [1.54, 1.807) is 0 Å². The number of rotatable bonds is 8. The highest BCUT2D eigenvalue weighted by Gasteiger charge is 2.36. The average molecular weight is 967 g/mol. The molecule has 0 radical (unpaired) electrons. The molecular weight excluding hydrogens is 921 g/mol. The van der Waals surface area contributed by atoms with Crippen molar-refractivity contribution in [2.45, 2.75) is 19.3 Å². The number of hydrogen-bond acceptors (Lipinski definition) is 5. The van der Waals surface area contributed by atoms with Crippen molar-refractivity contribution in [3.05, 3.63) is 254 Å². The Hall–Kier alpha value is -9.16. The summed E-state index contributed by atoms with van der Waals surface area (Å²) in [7, 11) is 0. The van der Waals surface area contributed by atoms with Gasteiger partial charge in [0.15, 0.2) is 0 Å². The maximum absolute atomic E-state index is 6.47. The highest BCUT2D eigenvalue weighted by atomic mass is 32.1. The van der Waals surface area contributed by atoms with Gasteiger partial charge in [-0.15, -0.1) is 11.3 Å². The summed E-state index contributed by atoms with van der Waals surface area (Å²) < 4.78 is 15.5. The van der Waals surface area contributed by atoms with Gasteiger partial charge in [-0.1, -0.05) is 147 Å². The van der Waals surface area contributed by atoms with Crippen molar-refractivity contribution in [3.8, 4) is 33.4 Å². The topological polar surface area (TPSA) is 32.8 Å². The van der Waals surface area contributed by atoms with Crippen molar-refractivity contribution in [2.24, 2.45) is 0 Å². The first-order valence-electron chi connectivity index (χ1n) is 25.3. The lowest BCUT2D eigenvalue weighted by Gasteiger charge is -2.31. The summed E-state index contributed by atoms with van der Waals surface area (Å²) in [5, 5.41) is 6.83. The van der Waals surface area contributed by atoms with Crippen LogP contribution in [0.25, 0.3) is 97.4 Å². The van der Waals surface area contributed by atoms with Crippen molar-refractivity contribution in [1.29, 1.82) is 0 Å². The number of furan rings is 2. The third-order valence-corrected chi connectivity index (χ3v) is 16.6. The molecule has 0 spiro atoms. The zero-order valence-electron chi connectivity index (χ0n) is 40.7. The van der Waals surface area contributed by atoms with Gasteiger partial charge in [-0.25, -0.2) is 0 Å². The normalized spacial score (nSPS) is 12.8. The fourth-order valence-electron chi connectivity index (χ4n) is 11.9. The molecule has 3 aromatic heterocycles. The van der Waals surface area contributed by atoms with Crippen LogP contribution in [0.15, 0.2) is 251 Å². The zero-order valence-corrected chi connectivity index (χ0v) is 41.5. The first-order valence-corrected chi connectivity index (χ1v) is 26.1. The van der Waals surface area contributed by atoms with Crippen LogP contribution in [0, 0.1) is 0 Å². The third kappa shape index (κ3) is 6.67. The lowest BCUT2D eigenvalue weighted by atomic mass is 9.82. The van der Waals surface area contributed by atoms with Gasteiger partial charge in [0.1, 0.15) is 22.3 Å². The molecule has 0 saturated heterocycles. The van der Waals surface area contributed by atoms with Gasteiger partial charge in [0.2, 0.25) is 0 Å². The van der Waals surface area contributed by atoms with Gasteiger partial charge in [0, 0.05) is 86.8 Å². The molecule has 74 heavy (non-hydrogen) atoms. The Bertz CT molecular complexity index is 4540. The molecule has 1 aliphatic rings. The van der Waals surface area contributed by atoms with E-state index < -0.39 is 0 Å². The van der Waals surface area contributed by atoms with Gasteiger partial charge in [0.05, 0.1) is 0 Å². The van der Waals surface area contributed by atoms with E-state index in [-0.39, 0.29) is 5.41 Å². The standard InChI is InChI=1S/C69H46N2O2S/c1-69(2)61-25-13-9-21-52(61)57-40-47(29-32-62(57)69)71(49-31-34-66-59(42-49)54-23-11-15-27-64(54)73-66)51-36-44(45-37-56(43-17-5-3-6-18-43)68-60(38-45)55-24-12-16-28-67(55)74-68)35-50(39-51)70(46-19-7-4-8-20-46)48-30-33-65-58(41-48)53-22-10-14-26-63(53)72-65/h3-42H,1-2H3. The summed E-state index contributed by atoms with van der Waals surface area (Å²) in [6.07, 6.45) is 0. The number of anilines is 6. The van der Waals surface area contributed by atoms with Gasteiger partial charge in [0.25, 0.3) is 0 Å². The monoisotopic (exact) mass is 966 g/mol. The minimum atomic E-state index is -0.143. The summed E-state index contributed by atoms with van der Waals surface area (Å²) in [6, 6.07) is 88.4. The van der Waals surface area contributed by atoms with Crippen LogP contribution in [-0.2, 0) is 5.41 Å². The number of para-hydroxylation sites is 3. The van der Waals surface area contributed by atoms with Gasteiger partial charge in [-0.05, 0) is 148 Å². The predicted molar refractivity (Wildman–Crippen MR) is 312 cm³/mol. The molecule has 0 aliphatic heterocycles. The summed E-state index contributed by atoms with van der Waals surface area (Å²) in [5.41, 5.74) is 19.4. The molecule has 350 valence electrons. The first kappa shape index (κ1) is 42.5. The molecule has 0 saturated carbocycles. The van der Waals surface area contributed by atoms with Crippen LogP contribution in [0.2, 0.25) is 0 Å². The molecule has 15 rings (SSSR count). The molecule has 0 N–H and O–H groups in total. The fraction of sp³-hybridized carbons (Fsp3) is 0.0435. The number of thiophene rings is 1. The maximum Gasteiger partial charge on any atom is 0.135 e. The highest BCUT2D eigenvalue weighted by Crippen LogP contribution is 2.52. The quantitative estimate of drug-likeness (QED) is 0.152. The van der Waals surface area contributed by atoms with E-state index in [1.165, 1.54) is 53.6 Å². The molecule has 11 aromatic carbocycles. The molecule has 0 bridgehead atoms. The van der Waals surface area contributed by atoms with E-state index in [2.05, 4.69) is 248 Å². The Kier molecular flexibility index (Phi) is 9.44. The highest BCUT2D eigenvalue weighted by molar-refractivity contribution is 7.26. The molecule has 3 heterocycles. The fourth-order valence-corrected chi connectivity index (χ4v) is 13.1. The predicted octanol–water partition coefficient (Wildman–Crippen LogP) is 20.4. The zero-order chi connectivity index (χ0) is 49.1. The SMILES string of the molecule is CC1(C)c2ccccc2-c2cc(N(c3cc(-c4cc(-c5ccccc5)c5sc6ccccc6c5c4)cc(N(c4ccccc4)c4ccc5oc6ccccc6c5c4)c3)c3ccc4oc5ccccc5c4c3)ccc21. The van der Waals surface area contributed by atoms with Crippen molar-refractivity contribution in [1.82, 2.24) is 0 Å². The molecular formula is C69H46N2O2S. The molecule has 1 aliphatic carbocycles. The second kappa shape index (κ2) is 16.4. The molecule has 5 heteroatoms. The Morgan fingerprint density at radius 1 is 0.311 bits per heavy atom. The Morgan fingerprint density at radius 2 is 0.824 bits per heavy atom. The Labute approximate surface area is 432 Å². The van der Waals surface area contributed by atoms with Crippen LogP contribution in [0.3, 0.4) is 0 Å². The minimum Gasteiger partial charge on any atom is -0.456 e. The Morgan fingerprint density at radius 3 is 1.51 bits per heavy atom. The number of benzene rings is 11. The van der Waals surface area contributed by atoms with E-state index in [4.69, 9.17) is 8.83 Å². The summed E-state index contributed by atoms with van der Waals surface area (Å²) in [6.45, 7) is 4.70. The van der Waals surface area contributed by atoms with Crippen LogP contribution < -0.4 is 9.80 Å². The van der Waals surface area contributed by atoms with Crippen LogP contribution in [0.4, 0.5) is 34.1 Å². The lowest BCUT2D eigenvalue weighted by Crippen LogP contribution is -2.16. The van der Waals surface area contributed by atoms with E-state index in [1.807, 2.05) is 29.5 Å². The van der Waals surface area contributed by atoms with E-state index in [0.29, 0.717) is 0 Å². The number of fused-ring (bicyclic) bond motifs is 12. The summed E-state index contributed by atoms with van der Waals surface area (Å²) in [5.74, 6) is 0. The molecule has 0 unspecified atom stereocenters. The van der Waals surface area contributed by atoms with Crippen LogP contribution >= 0.6 is 11.3 Å². The van der Waals surface area contributed by atoms with Crippen molar-refractivity contribution < 1.29 is 8.83 Å². The van der Waals surface area contributed by atoms with Crippen LogP contribution in [-0.4, -0.2) is 0 Å². The smallest absolute Gasteiger partial charge is 0.135 e. The van der Waals surface area contributed by atoms with Gasteiger partial charge >= 0.3 is 0 Å². The summed E-state index contributed by atoms with van der Waals surface area (Å²) >= 11 is 1.87. The Balaban J connectivity index is 1.04. The van der Waals surface area contributed by atoms with E-state index >= 15 is 0 Å². The average Bonchev–Trinajstić information content (AvgIpc) is 4.19. The molecule has 14 aromatic rings. The van der Waals surface area contributed by atoms with Gasteiger partial charge in [-0.3, -0.25) is 0 Å². The van der Waals surface area contributed by atoms with Crippen LogP contribution in [0.1, 0.15) is 25.0 Å². The second-order valence-corrected chi connectivity index (χ2v) is 21.1. The molecule has 4 nitrogen and oxygen atoms in total. The first-order chi connectivity index (χ1) is 36.4. The van der Waals surface area contributed by atoms with Crippen molar-refractivity contribution in [3.63, 3.8) is 0 Å². The molecule has 0 fully saturated rings. The largest absolute Gasteiger partial charge is 0.456 e. The van der Waals surface area contributed by atoms with Gasteiger partial charge < -0.3 is 18.6 Å². The molecule has 0 amide bonds. The second-order valence-electron chi connectivity index (χ2n) is 20.1.